The summed E-state index contributed by atoms with van der Waals surface area (Å²) >= 11 is 0. The summed E-state index contributed by atoms with van der Waals surface area (Å²) in [6, 6.07) is 0. The molecular formula is C10H16O2. The summed E-state index contributed by atoms with van der Waals surface area (Å²) in [5.41, 5.74) is -1.20. The Morgan fingerprint density at radius 1 is 1.25 bits per heavy atom. The van der Waals surface area contributed by atoms with Gasteiger partial charge in [0.15, 0.2) is 5.78 Å². The van der Waals surface area contributed by atoms with Crippen molar-refractivity contribution in [2.75, 3.05) is 0 Å². The van der Waals surface area contributed by atoms with E-state index in [9.17, 15) is 9.90 Å². The Kier molecular flexibility index (Phi) is 1.21. The van der Waals surface area contributed by atoms with Crippen LogP contribution in [0.25, 0.3) is 0 Å². The molecule has 2 saturated carbocycles. The first-order valence-electron chi connectivity index (χ1n) is 4.59. The minimum atomic E-state index is -1.01. The van der Waals surface area contributed by atoms with Crippen molar-refractivity contribution in [2.45, 2.75) is 45.6 Å². The van der Waals surface area contributed by atoms with Crippen LogP contribution in [0.2, 0.25) is 0 Å². The first-order chi connectivity index (χ1) is 5.33. The molecule has 0 radical (unpaired) electrons. The third-order valence-electron chi connectivity index (χ3n) is 4.59. The van der Waals surface area contributed by atoms with Gasteiger partial charge in [0.25, 0.3) is 0 Å². The number of carbonyl (C=O) groups is 1. The monoisotopic (exact) mass is 168 g/mol. The molecule has 0 unspecified atom stereocenters. The van der Waals surface area contributed by atoms with Gasteiger partial charge in [-0.15, -0.1) is 0 Å². The summed E-state index contributed by atoms with van der Waals surface area (Å²) in [5.74, 6) is 0.0567. The van der Waals surface area contributed by atoms with Crippen LogP contribution in [0.3, 0.4) is 0 Å². The summed E-state index contributed by atoms with van der Waals surface area (Å²) < 4.78 is 0. The number of rotatable bonds is 0. The van der Waals surface area contributed by atoms with Crippen molar-refractivity contribution in [3.63, 3.8) is 0 Å². The Balaban J connectivity index is 2.56. The lowest BCUT2D eigenvalue weighted by molar-refractivity contribution is -0.140. The average molecular weight is 168 g/mol. The molecular weight excluding hydrogens is 152 g/mol. The minimum Gasteiger partial charge on any atom is -0.381 e. The fraction of sp³-hybridized carbons (Fsp3) is 0.900. The highest BCUT2D eigenvalue weighted by Crippen LogP contribution is 2.65. The van der Waals surface area contributed by atoms with Crippen LogP contribution < -0.4 is 0 Å². The molecule has 2 aliphatic carbocycles. The van der Waals surface area contributed by atoms with Crippen LogP contribution in [0.4, 0.5) is 0 Å². The quantitative estimate of drug-likeness (QED) is 0.595. The second-order valence-electron chi connectivity index (χ2n) is 5.15. The predicted octanol–water partition coefficient (Wildman–Crippen LogP) is 1.52. The number of hydrogen-bond donors (Lipinski definition) is 1. The van der Waals surface area contributed by atoms with Crippen LogP contribution in [0.1, 0.15) is 40.0 Å². The molecule has 68 valence electrons. The number of fused-ring (bicyclic) bond motifs is 2. The van der Waals surface area contributed by atoms with Gasteiger partial charge < -0.3 is 5.11 Å². The Labute approximate surface area is 73.0 Å². The Morgan fingerprint density at radius 2 is 1.83 bits per heavy atom. The lowest BCUT2D eigenvalue weighted by Crippen LogP contribution is -2.43. The molecule has 0 aromatic heterocycles. The van der Waals surface area contributed by atoms with Gasteiger partial charge in [0.2, 0.25) is 0 Å². The van der Waals surface area contributed by atoms with Crippen molar-refractivity contribution in [3.8, 4) is 0 Å². The van der Waals surface area contributed by atoms with Crippen molar-refractivity contribution < 1.29 is 9.90 Å². The number of hydrogen-bond acceptors (Lipinski definition) is 2. The lowest BCUT2D eigenvalue weighted by atomic mass is 9.70. The minimum absolute atomic E-state index is 0.0405. The van der Waals surface area contributed by atoms with Crippen LogP contribution in [-0.4, -0.2) is 16.5 Å². The van der Waals surface area contributed by atoms with Crippen molar-refractivity contribution in [1.29, 1.82) is 0 Å². The van der Waals surface area contributed by atoms with E-state index in [-0.39, 0.29) is 16.6 Å². The molecule has 2 nitrogen and oxygen atoms in total. The summed E-state index contributed by atoms with van der Waals surface area (Å²) in [4.78, 5) is 11.5. The standard InChI is InChI=1S/C10H16O2/c1-8(2)9(3)4-5-10(8,12)7(11)6-9/h12H,4-6H2,1-3H3/t9-,10-/m0/s1. The average Bonchev–Trinajstić information content (AvgIpc) is 2.18. The van der Waals surface area contributed by atoms with E-state index in [1.54, 1.807) is 0 Å². The highest BCUT2D eigenvalue weighted by atomic mass is 16.3. The van der Waals surface area contributed by atoms with E-state index in [2.05, 4.69) is 6.92 Å². The summed E-state index contributed by atoms with van der Waals surface area (Å²) in [7, 11) is 0. The van der Waals surface area contributed by atoms with Gasteiger partial charge in [-0.3, -0.25) is 4.79 Å². The fourth-order valence-corrected chi connectivity index (χ4v) is 2.88. The number of Topliss-reactive ketones (excluding diaryl/α,β-unsaturated/α-hetero) is 1. The van der Waals surface area contributed by atoms with Gasteiger partial charge in [0.05, 0.1) is 0 Å². The Bertz CT molecular complexity index is 257. The van der Waals surface area contributed by atoms with Gasteiger partial charge in [-0.1, -0.05) is 20.8 Å². The normalized spacial score (nSPS) is 50.2. The number of aliphatic hydroxyl groups is 1. The van der Waals surface area contributed by atoms with E-state index in [4.69, 9.17) is 0 Å². The second-order valence-corrected chi connectivity index (χ2v) is 5.15. The molecule has 0 aromatic rings. The van der Waals surface area contributed by atoms with Gasteiger partial charge in [-0.25, -0.2) is 0 Å². The maximum atomic E-state index is 11.5. The van der Waals surface area contributed by atoms with Gasteiger partial charge in [-0.2, -0.15) is 0 Å². The second kappa shape index (κ2) is 1.77. The zero-order valence-corrected chi connectivity index (χ0v) is 7.98. The molecule has 1 N–H and O–H groups in total. The molecule has 2 atom stereocenters. The van der Waals surface area contributed by atoms with Crippen LogP contribution in [0, 0.1) is 10.8 Å². The molecule has 0 spiro atoms. The van der Waals surface area contributed by atoms with Gasteiger partial charge in [0, 0.05) is 11.8 Å². The maximum Gasteiger partial charge on any atom is 0.165 e. The zero-order chi connectivity index (χ0) is 9.20. The van der Waals surface area contributed by atoms with Crippen LogP contribution in [-0.2, 0) is 4.79 Å². The first-order valence-corrected chi connectivity index (χ1v) is 4.59. The molecule has 0 saturated heterocycles. The Hall–Kier alpha value is -0.370. The van der Waals surface area contributed by atoms with E-state index in [0.29, 0.717) is 12.8 Å². The highest BCUT2D eigenvalue weighted by molar-refractivity contribution is 5.92. The van der Waals surface area contributed by atoms with Crippen LogP contribution >= 0.6 is 0 Å². The smallest absolute Gasteiger partial charge is 0.165 e. The molecule has 12 heavy (non-hydrogen) atoms. The zero-order valence-electron chi connectivity index (χ0n) is 7.98. The van der Waals surface area contributed by atoms with E-state index >= 15 is 0 Å². The molecule has 0 heterocycles. The molecule has 0 aromatic carbocycles. The fourth-order valence-electron chi connectivity index (χ4n) is 2.88. The van der Waals surface area contributed by atoms with Gasteiger partial charge >= 0.3 is 0 Å². The Morgan fingerprint density at radius 3 is 2.00 bits per heavy atom. The number of carbonyl (C=O) groups excluding carboxylic acids is 1. The van der Waals surface area contributed by atoms with Crippen LogP contribution in [0.15, 0.2) is 0 Å². The van der Waals surface area contributed by atoms with Gasteiger partial charge in [0.1, 0.15) is 5.60 Å². The van der Waals surface area contributed by atoms with Gasteiger partial charge in [-0.05, 0) is 18.3 Å². The molecule has 0 aliphatic heterocycles. The predicted molar refractivity (Wildman–Crippen MR) is 45.7 cm³/mol. The highest BCUT2D eigenvalue weighted by Gasteiger charge is 2.69. The summed E-state index contributed by atoms with van der Waals surface area (Å²) in [6.07, 6.45) is 2.22. The topological polar surface area (TPSA) is 37.3 Å². The third-order valence-corrected chi connectivity index (χ3v) is 4.59. The summed E-state index contributed by atoms with van der Waals surface area (Å²) in [6.45, 7) is 6.16. The SMILES string of the molecule is CC1(C)[C@@]2(C)CC[C@]1(O)C(=O)C2. The largest absolute Gasteiger partial charge is 0.381 e. The maximum absolute atomic E-state index is 11.5. The first kappa shape index (κ1) is 8.24. The van der Waals surface area contributed by atoms with Crippen molar-refractivity contribution in [2.24, 2.45) is 10.8 Å². The number of ketones is 1. The lowest BCUT2D eigenvalue weighted by Gasteiger charge is -2.36. The van der Waals surface area contributed by atoms with E-state index in [1.165, 1.54) is 0 Å². The summed E-state index contributed by atoms with van der Waals surface area (Å²) in [5, 5.41) is 10.2. The molecule has 0 amide bonds. The van der Waals surface area contributed by atoms with E-state index < -0.39 is 5.60 Å². The molecule has 2 aliphatic rings. The third kappa shape index (κ3) is 0.565. The molecule has 2 rings (SSSR count). The van der Waals surface area contributed by atoms with Crippen molar-refractivity contribution >= 4 is 5.78 Å². The van der Waals surface area contributed by atoms with E-state index in [0.717, 1.165) is 6.42 Å². The van der Waals surface area contributed by atoms with Crippen LogP contribution in [0.5, 0.6) is 0 Å². The molecule has 2 heteroatoms. The van der Waals surface area contributed by atoms with Crippen molar-refractivity contribution in [3.05, 3.63) is 0 Å². The molecule has 2 fully saturated rings. The van der Waals surface area contributed by atoms with Crippen molar-refractivity contribution in [1.82, 2.24) is 0 Å². The molecule has 2 bridgehead atoms. The van der Waals surface area contributed by atoms with E-state index in [1.807, 2.05) is 13.8 Å².